The summed E-state index contributed by atoms with van der Waals surface area (Å²) in [5.74, 6) is -1.65. The Morgan fingerprint density at radius 1 is 1.33 bits per heavy atom. The number of halogens is 1. The Morgan fingerprint density at radius 3 is 2.72 bits per heavy atom. The number of ether oxygens (including phenoxy) is 1. The third-order valence-corrected chi connectivity index (χ3v) is 3.33. The predicted molar refractivity (Wildman–Crippen MR) is 65.0 cm³/mol. The summed E-state index contributed by atoms with van der Waals surface area (Å²) >= 11 is 0. The highest BCUT2D eigenvalue weighted by atomic mass is 19.1. The molecule has 1 aliphatic carbocycles. The summed E-state index contributed by atoms with van der Waals surface area (Å²) in [4.78, 5) is 11.0. The highest BCUT2D eigenvalue weighted by molar-refractivity contribution is 5.89. The van der Waals surface area contributed by atoms with Crippen LogP contribution < -0.4 is 0 Å². The lowest BCUT2D eigenvalue weighted by Gasteiger charge is -2.22. The molecule has 0 atom stereocenters. The third kappa shape index (κ3) is 3.29. The summed E-state index contributed by atoms with van der Waals surface area (Å²) in [5.41, 5.74) is 0.528. The molecule has 0 saturated heterocycles. The first kappa shape index (κ1) is 13.0. The lowest BCUT2D eigenvalue weighted by atomic mass is 9.98. The van der Waals surface area contributed by atoms with Gasteiger partial charge in [0.2, 0.25) is 0 Å². The van der Waals surface area contributed by atoms with Crippen LogP contribution in [0.15, 0.2) is 18.2 Å². The summed E-state index contributed by atoms with van der Waals surface area (Å²) in [6.45, 7) is 0.243. The van der Waals surface area contributed by atoms with E-state index in [0.29, 0.717) is 5.56 Å². The predicted octanol–water partition coefficient (Wildman–Crippen LogP) is 3.37. The van der Waals surface area contributed by atoms with Crippen molar-refractivity contribution in [1.82, 2.24) is 0 Å². The zero-order valence-corrected chi connectivity index (χ0v) is 10.2. The van der Waals surface area contributed by atoms with Gasteiger partial charge in [0.15, 0.2) is 0 Å². The molecule has 18 heavy (non-hydrogen) atoms. The number of hydrogen-bond donors (Lipinski definition) is 1. The summed E-state index contributed by atoms with van der Waals surface area (Å²) < 4.78 is 18.7. The number of benzene rings is 1. The molecular weight excluding hydrogens is 235 g/mol. The van der Waals surface area contributed by atoms with Crippen LogP contribution in [0.1, 0.15) is 48.0 Å². The second-order valence-corrected chi connectivity index (χ2v) is 4.68. The number of rotatable bonds is 4. The number of carboxylic acid groups (broad SMARTS) is 1. The van der Waals surface area contributed by atoms with E-state index in [4.69, 9.17) is 9.84 Å². The maximum Gasteiger partial charge on any atom is 0.336 e. The fourth-order valence-electron chi connectivity index (χ4n) is 2.31. The van der Waals surface area contributed by atoms with Crippen molar-refractivity contribution in [2.45, 2.75) is 44.8 Å². The lowest BCUT2D eigenvalue weighted by Crippen LogP contribution is -2.17. The SMILES string of the molecule is O=C(O)c1cc(F)ccc1COC1CCCCC1. The van der Waals surface area contributed by atoms with E-state index < -0.39 is 11.8 Å². The summed E-state index contributed by atoms with van der Waals surface area (Å²) in [6.07, 6.45) is 5.86. The van der Waals surface area contributed by atoms with Crippen molar-refractivity contribution in [2.75, 3.05) is 0 Å². The Hall–Kier alpha value is -1.42. The van der Waals surface area contributed by atoms with Crippen LogP contribution >= 0.6 is 0 Å². The van der Waals surface area contributed by atoms with Crippen LogP contribution in [0, 0.1) is 5.82 Å². The highest BCUT2D eigenvalue weighted by Crippen LogP contribution is 2.22. The van der Waals surface area contributed by atoms with Crippen LogP contribution in [-0.2, 0) is 11.3 Å². The van der Waals surface area contributed by atoms with Crippen molar-refractivity contribution in [3.05, 3.63) is 35.1 Å². The van der Waals surface area contributed by atoms with Crippen molar-refractivity contribution >= 4 is 5.97 Å². The molecule has 1 aliphatic rings. The van der Waals surface area contributed by atoms with Gasteiger partial charge in [0, 0.05) is 0 Å². The van der Waals surface area contributed by atoms with Crippen LogP contribution in [0.5, 0.6) is 0 Å². The molecule has 3 nitrogen and oxygen atoms in total. The summed E-state index contributed by atoms with van der Waals surface area (Å²) in [5, 5.41) is 9.00. The van der Waals surface area contributed by atoms with Gasteiger partial charge in [0.05, 0.1) is 18.3 Å². The van der Waals surface area contributed by atoms with Crippen LogP contribution in [0.4, 0.5) is 4.39 Å². The van der Waals surface area contributed by atoms with E-state index in [1.54, 1.807) is 0 Å². The van der Waals surface area contributed by atoms with E-state index in [1.165, 1.54) is 31.4 Å². The molecule has 4 heteroatoms. The Balaban J connectivity index is 2.01. The Labute approximate surface area is 106 Å². The number of carbonyl (C=O) groups is 1. The average molecular weight is 252 g/mol. The first-order chi connectivity index (χ1) is 8.66. The Morgan fingerprint density at radius 2 is 2.06 bits per heavy atom. The number of carboxylic acids is 1. The van der Waals surface area contributed by atoms with Gasteiger partial charge in [-0.1, -0.05) is 25.3 Å². The van der Waals surface area contributed by atoms with Gasteiger partial charge in [-0.3, -0.25) is 0 Å². The largest absolute Gasteiger partial charge is 0.478 e. The normalized spacial score (nSPS) is 16.7. The molecule has 1 aromatic carbocycles. The van der Waals surface area contributed by atoms with Gasteiger partial charge >= 0.3 is 5.97 Å². The standard InChI is InChI=1S/C14H17FO3/c15-11-7-6-10(13(8-11)14(16)17)9-18-12-4-2-1-3-5-12/h6-8,12H,1-5,9H2,(H,16,17). The lowest BCUT2D eigenvalue weighted by molar-refractivity contribution is 0.0161. The minimum atomic E-state index is -1.11. The van der Waals surface area contributed by atoms with Gasteiger partial charge in [0.25, 0.3) is 0 Å². The van der Waals surface area contributed by atoms with Crippen molar-refractivity contribution in [1.29, 1.82) is 0 Å². The van der Waals surface area contributed by atoms with Crippen LogP contribution in [0.25, 0.3) is 0 Å². The minimum Gasteiger partial charge on any atom is -0.478 e. The molecule has 2 rings (SSSR count). The molecule has 0 heterocycles. The van der Waals surface area contributed by atoms with Gasteiger partial charge in [-0.25, -0.2) is 9.18 Å². The van der Waals surface area contributed by atoms with Crippen molar-refractivity contribution < 1.29 is 19.0 Å². The van der Waals surface area contributed by atoms with E-state index in [-0.39, 0.29) is 18.3 Å². The molecular formula is C14H17FO3. The van der Waals surface area contributed by atoms with E-state index in [2.05, 4.69) is 0 Å². The zero-order chi connectivity index (χ0) is 13.0. The second kappa shape index (κ2) is 5.96. The molecule has 0 aliphatic heterocycles. The van der Waals surface area contributed by atoms with Gasteiger partial charge < -0.3 is 9.84 Å². The molecule has 98 valence electrons. The van der Waals surface area contributed by atoms with Gasteiger partial charge in [-0.05, 0) is 30.5 Å². The number of hydrogen-bond acceptors (Lipinski definition) is 2. The molecule has 0 amide bonds. The molecule has 1 aromatic rings. The van der Waals surface area contributed by atoms with Crippen LogP contribution in [0.2, 0.25) is 0 Å². The van der Waals surface area contributed by atoms with Gasteiger partial charge in [-0.2, -0.15) is 0 Å². The highest BCUT2D eigenvalue weighted by Gasteiger charge is 2.16. The van der Waals surface area contributed by atoms with Gasteiger partial charge in [0.1, 0.15) is 5.82 Å². The number of aromatic carboxylic acids is 1. The monoisotopic (exact) mass is 252 g/mol. The third-order valence-electron chi connectivity index (χ3n) is 3.33. The zero-order valence-electron chi connectivity index (χ0n) is 10.2. The van der Waals surface area contributed by atoms with E-state index in [9.17, 15) is 9.18 Å². The molecule has 1 N–H and O–H groups in total. The second-order valence-electron chi connectivity index (χ2n) is 4.68. The smallest absolute Gasteiger partial charge is 0.336 e. The molecule has 0 aromatic heterocycles. The fourth-order valence-corrected chi connectivity index (χ4v) is 2.31. The molecule has 0 radical (unpaired) electrons. The van der Waals surface area contributed by atoms with E-state index in [0.717, 1.165) is 18.9 Å². The van der Waals surface area contributed by atoms with E-state index >= 15 is 0 Å². The first-order valence-electron chi connectivity index (χ1n) is 6.30. The first-order valence-corrected chi connectivity index (χ1v) is 6.30. The molecule has 1 saturated carbocycles. The maximum absolute atomic E-state index is 13.0. The quantitative estimate of drug-likeness (QED) is 0.893. The maximum atomic E-state index is 13.0. The summed E-state index contributed by atoms with van der Waals surface area (Å²) in [7, 11) is 0. The fraction of sp³-hybridized carbons (Fsp3) is 0.500. The minimum absolute atomic E-state index is 0.00851. The molecule has 1 fully saturated rings. The molecule has 0 bridgehead atoms. The van der Waals surface area contributed by atoms with Crippen molar-refractivity contribution in [2.24, 2.45) is 0 Å². The molecule has 0 spiro atoms. The molecule has 0 unspecified atom stereocenters. The van der Waals surface area contributed by atoms with Crippen LogP contribution in [0.3, 0.4) is 0 Å². The van der Waals surface area contributed by atoms with Crippen molar-refractivity contribution in [3.8, 4) is 0 Å². The van der Waals surface area contributed by atoms with E-state index in [1.807, 2.05) is 0 Å². The van der Waals surface area contributed by atoms with Crippen molar-refractivity contribution in [3.63, 3.8) is 0 Å². The Kier molecular flexibility index (Phi) is 4.31. The van der Waals surface area contributed by atoms with Gasteiger partial charge in [-0.15, -0.1) is 0 Å². The summed E-state index contributed by atoms with van der Waals surface area (Å²) in [6, 6.07) is 3.80. The average Bonchev–Trinajstić information content (AvgIpc) is 2.38. The van der Waals surface area contributed by atoms with Crippen LogP contribution in [-0.4, -0.2) is 17.2 Å². The topological polar surface area (TPSA) is 46.5 Å². The Bertz CT molecular complexity index is 425.